The lowest BCUT2D eigenvalue weighted by molar-refractivity contribution is -0.134. The number of nitrogens with zero attached hydrogens (tertiary/aromatic N) is 1. The standard InChI is InChI=1S/C16H22N2O5/c1-12(19)18(10-16(20)17-6-3-7-21-2)9-13-4-5-14-15(8-13)23-11-22-14/h4-5,8H,3,6-7,9-11H2,1-2H3,(H,17,20). The highest BCUT2D eigenvalue weighted by molar-refractivity contribution is 5.83. The summed E-state index contributed by atoms with van der Waals surface area (Å²) >= 11 is 0. The third-order valence-corrected chi connectivity index (χ3v) is 3.44. The van der Waals surface area contributed by atoms with Gasteiger partial charge in [0, 0.05) is 33.7 Å². The first-order valence-corrected chi connectivity index (χ1v) is 7.50. The molecule has 0 fully saturated rings. The fourth-order valence-corrected chi connectivity index (χ4v) is 2.21. The Labute approximate surface area is 135 Å². The number of benzene rings is 1. The molecule has 0 spiro atoms. The molecule has 1 aliphatic rings. The van der Waals surface area contributed by atoms with Gasteiger partial charge in [-0.15, -0.1) is 0 Å². The summed E-state index contributed by atoms with van der Waals surface area (Å²) in [7, 11) is 1.62. The van der Waals surface area contributed by atoms with Crippen LogP contribution in [0.3, 0.4) is 0 Å². The summed E-state index contributed by atoms with van der Waals surface area (Å²) in [6.07, 6.45) is 0.741. The monoisotopic (exact) mass is 322 g/mol. The second-order valence-corrected chi connectivity index (χ2v) is 5.26. The van der Waals surface area contributed by atoms with Crippen LogP contribution in [-0.2, 0) is 20.9 Å². The Bertz CT molecular complexity index is 561. The summed E-state index contributed by atoms with van der Waals surface area (Å²) < 4.78 is 15.5. The number of rotatable bonds is 8. The van der Waals surface area contributed by atoms with Crippen molar-refractivity contribution in [3.63, 3.8) is 0 Å². The van der Waals surface area contributed by atoms with Gasteiger partial charge in [0.1, 0.15) is 0 Å². The van der Waals surface area contributed by atoms with Crippen molar-refractivity contribution < 1.29 is 23.8 Å². The van der Waals surface area contributed by atoms with Crippen LogP contribution in [0.1, 0.15) is 18.9 Å². The van der Waals surface area contributed by atoms with Gasteiger partial charge in [-0.1, -0.05) is 6.07 Å². The van der Waals surface area contributed by atoms with Crippen LogP contribution in [0.2, 0.25) is 0 Å². The number of nitrogens with one attached hydrogen (secondary N) is 1. The molecule has 0 bridgehead atoms. The molecule has 2 rings (SSSR count). The Morgan fingerprint density at radius 3 is 2.83 bits per heavy atom. The lowest BCUT2D eigenvalue weighted by atomic mass is 10.2. The molecule has 0 unspecified atom stereocenters. The molecule has 1 aliphatic heterocycles. The van der Waals surface area contributed by atoms with Gasteiger partial charge < -0.3 is 24.4 Å². The topological polar surface area (TPSA) is 77.1 Å². The maximum atomic E-state index is 11.9. The summed E-state index contributed by atoms with van der Waals surface area (Å²) in [6.45, 7) is 3.15. The molecule has 1 heterocycles. The van der Waals surface area contributed by atoms with E-state index in [-0.39, 0.29) is 25.2 Å². The summed E-state index contributed by atoms with van der Waals surface area (Å²) in [5.74, 6) is 1.01. The van der Waals surface area contributed by atoms with E-state index in [9.17, 15) is 9.59 Å². The molecular weight excluding hydrogens is 300 g/mol. The predicted octanol–water partition coefficient (Wildman–Crippen LogP) is 0.916. The van der Waals surface area contributed by atoms with Crippen molar-refractivity contribution in [2.24, 2.45) is 0 Å². The molecule has 0 saturated heterocycles. The molecule has 2 amide bonds. The second-order valence-electron chi connectivity index (χ2n) is 5.26. The molecule has 7 heteroatoms. The van der Waals surface area contributed by atoms with Crippen LogP contribution in [0.5, 0.6) is 11.5 Å². The first kappa shape index (κ1) is 17.1. The van der Waals surface area contributed by atoms with E-state index < -0.39 is 0 Å². The van der Waals surface area contributed by atoms with Crippen molar-refractivity contribution in [3.8, 4) is 11.5 Å². The van der Waals surface area contributed by atoms with Crippen LogP contribution >= 0.6 is 0 Å². The Hall–Kier alpha value is -2.28. The quantitative estimate of drug-likeness (QED) is 0.720. The van der Waals surface area contributed by atoms with Crippen molar-refractivity contribution in [2.45, 2.75) is 19.9 Å². The number of ether oxygens (including phenoxy) is 3. The van der Waals surface area contributed by atoms with Crippen LogP contribution in [0, 0.1) is 0 Å². The lowest BCUT2D eigenvalue weighted by Gasteiger charge is -2.20. The van der Waals surface area contributed by atoms with Gasteiger partial charge in [0.25, 0.3) is 0 Å². The Kier molecular flexibility index (Phi) is 6.22. The van der Waals surface area contributed by atoms with Gasteiger partial charge in [-0.25, -0.2) is 0 Å². The normalized spacial score (nSPS) is 12.1. The van der Waals surface area contributed by atoms with Crippen molar-refractivity contribution in [1.29, 1.82) is 0 Å². The minimum absolute atomic E-state index is 0.0246. The first-order valence-electron chi connectivity index (χ1n) is 7.50. The zero-order valence-corrected chi connectivity index (χ0v) is 13.5. The summed E-state index contributed by atoms with van der Waals surface area (Å²) in [4.78, 5) is 25.2. The summed E-state index contributed by atoms with van der Waals surface area (Å²) in [5.41, 5.74) is 0.886. The maximum Gasteiger partial charge on any atom is 0.239 e. The predicted molar refractivity (Wildman–Crippen MR) is 83.2 cm³/mol. The van der Waals surface area contributed by atoms with Crippen LogP contribution < -0.4 is 14.8 Å². The molecule has 0 aromatic heterocycles. The highest BCUT2D eigenvalue weighted by atomic mass is 16.7. The average molecular weight is 322 g/mol. The van der Waals surface area contributed by atoms with Gasteiger partial charge in [0.05, 0.1) is 6.54 Å². The molecule has 0 radical (unpaired) electrons. The number of amides is 2. The molecule has 23 heavy (non-hydrogen) atoms. The second kappa shape index (κ2) is 8.38. The van der Waals surface area contributed by atoms with Crippen LogP contribution in [0.4, 0.5) is 0 Å². The van der Waals surface area contributed by atoms with Gasteiger partial charge in [-0.3, -0.25) is 9.59 Å². The highest BCUT2D eigenvalue weighted by Crippen LogP contribution is 2.32. The molecule has 0 saturated carbocycles. The zero-order valence-electron chi connectivity index (χ0n) is 13.5. The lowest BCUT2D eigenvalue weighted by Crippen LogP contribution is -2.39. The number of fused-ring (bicyclic) bond motifs is 1. The fourth-order valence-electron chi connectivity index (χ4n) is 2.21. The maximum absolute atomic E-state index is 11.9. The number of hydrogen-bond donors (Lipinski definition) is 1. The number of methoxy groups -OCH3 is 1. The van der Waals surface area contributed by atoms with E-state index in [1.165, 1.54) is 11.8 Å². The van der Waals surface area contributed by atoms with E-state index in [0.29, 0.717) is 31.2 Å². The van der Waals surface area contributed by atoms with Crippen LogP contribution in [0.25, 0.3) is 0 Å². The van der Waals surface area contributed by atoms with E-state index in [4.69, 9.17) is 14.2 Å². The van der Waals surface area contributed by atoms with E-state index in [0.717, 1.165) is 12.0 Å². The van der Waals surface area contributed by atoms with Gasteiger partial charge in [-0.05, 0) is 24.1 Å². The molecule has 0 aliphatic carbocycles. The first-order chi connectivity index (χ1) is 11.1. The fraction of sp³-hybridized carbons (Fsp3) is 0.500. The summed E-state index contributed by atoms with van der Waals surface area (Å²) in [5, 5.41) is 2.77. The molecular formula is C16H22N2O5. The van der Waals surface area contributed by atoms with E-state index >= 15 is 0 Å². The highest BCUT2D eigenvalue weighted by Gasteiger charge is 2.17. The average Bonchev–Trinajstić information content (AvgIpc) is 2.98. The minimum Gasteiger partial charge on any atom is -0.454 e. The third-order valence-electron chi connectivity index (χ3n) is 3.44. The van der Waals surface area contributed by atoms with Crippen LogP contribution in [0.15, 0.2) is 18.2 Å². The van der Waals surface area contributed by atoms with E-state index in [1.54, 1.807) is 13.2 Å². The number of carbonyl (C=O) groups is 2. The van der Waals surface area contributed by atoms with Crippen molar-refractivity contribution in [3.05, 3.63) is 23.8 Å². The molecule has 1 N–H and O–H groups in total. The van der Waals surface area contributed by atoms with Crippen LogP contribution in [-0.4, -0.2) is 50.3 Å². The van der Waals surface area contributed by atoms with Crippen molar-refractivity contribution in [2.75, 3.05) is 33.6 Å². The SMILES string of the molecule is COCCCNC(=O)CN(Cc1ccc2c(c1)OCO2)C(C)=O. The Morgan fingerprint density at radius 1 is 1.30 bits per heavy atom. The Balaban J connectivity index is 1.88. The molecule has 1 aromatic rings. The van der Waals surface area contributed by atoms with Gasteiger partial charge in [0.15, 0.2) is 11.5 Å². The smallest absolute Gasteiger partial charge is 0.239 e. The van der Waals surface area contributed by atoms with Gasteiger partial charge in [0.2, 0.25) is 18.6 Å². The van der Waals surface area contributed by atoms with E-state index in [1.807, 2.05) is 12.1 Å². The minimum atomic E-state index is -0.183. The number of hydrogen-bond acceptors (Lipinski definition) is 5. The van der Waals surface area contributed by atoms with Crippen molar-refractivity contribution in [1.82, 2.24) is 10.2 Å². The van der Waals surface area contributed by atoms with Crippen molar-refractivity contribution >= 4 is 11.8 Å². The van der Waals surface area contributed by atoms with E-state index in [2.05, 4.69) is 5.32 Å². The largest absolute Gasteiger partial charge is 0.454 e. The molecule has 1 aromatic carbocycles. The molecule has 0 atom stereocenters. The molecule has 126 valence electrons. The molecule has 7 nitrogen and oxygen atoms in total. The van der Waals surface area contributed by atoms with Gasteiger partial charge in [-0.2, -0.15) is 0 Å². The number of carbonyl (C=O) groups excluding carboxylic acids is 2. The third kappa shape index (κ3) is 5.14. The summed E-state index contributed by atoms with van der Waals surface area (Å²) in [6, 6.07) is 5.50. The zero-order chi connectivity index (χ0) is 16.7. The Morgan fingerprint density at radius 2 is 2.09 bits per heavy atom. The van der Waals surface area contributed by atoms with Gasteiger partial charge >= 0.3 is 0 Å².